The minimum atomic E-state index is -0.379. The molecule has 0 spiro atoms. The van der Waals surface area contributed by atoms with Gasteiger partial charge in [-0.2, -0.15) is 0 Å². The van der Waals surface area contributed by atoms with Crippen molar-refractivity contribution in [1.29, 1.82) is 0 Å². The van der Waals surface area contributed by atoms with Crippen LogP contribution in [0, 0.1) is 0 Å². The fourth-order valence-corrected chi connectivity index (χ4v) is 4.98. The van der Waals surface area contributed by atoms with Crippen LogP contribution < -0.4 is 19.7 Å². The van der Waals surface area contributed by atoms with Gasteiger partial charge in [-0.15, -0.1) is 0 Å². The number of hydrogen-bond donors (Lipinski definition) is 1. The summed E-state index contributed by atoms with van der Waals surface area (Å²) in [5.74, 6) is 0.973. The van der Waals surface area contributed by atoms with Crippen LogP contribution in [0.3, 0.4) is 0 Å². The van der Waals surface area contributed by atoms with Gasteiger partial charge in [-0.3, -0.25) is 4.98 Å². The zero-order chi connectivity index (χ0) is 25.9. The number of thiocarbonyl (C=S) groups is 1. The van der Waals surface area contributed by atoms with Gasteiger partial charge in [0.1, 0.15) is 17.5 Å². The van der Waals surface area contributed by atoms with E-state index in [1.54, 1.807) is 32.5 Å². The van der Waals surface area contributed by atoms with Gasteiger partial charge < -0.3 is 29.0 Å². The molecule has 9 heteroatoms. The first-order valence-corrected chi connectivity index (χ1v) is 12.0. The molecule has 0 amide bonds. The number of nitrogens with one attached hydrogen (secondary N) is 1. The highest BCUT2D eigenvalue weighted by molar-refractivity contribution is 7.80. The molecule has 1 N–H and O–H groups in total. The Morgan fingerprint density at radius 3 is 2.46 bits per heavy atom. The first-order valence-electron chi connectivity index (χ1n) is 11.6. The van der Waals surface area contributed by atoms with Crippen molar-refractivity contribution in [1.82, 2.24) is 14.9 Å². The topological polar surface area (TPSA) is 77.9 Å². The number of methoxy groups -OCH3 is 3. The van der Waals surface area contributed by atoms with Crippen molar-refractivity contribution in [2.45, 2.75) is 12.1 Å². The Hall–Kier alpha value is -4.37. The van der Waals surface area contributed by atoms with Crippen molar-refractivity contribution in [3.05, 3.63) is 102 Å². The number of rotatable bonds is 7. The molecule has 1 aliphatic heterocycles. The lowest BCUT2D eigenvalue weighted by Crippen LogP contribution is -2.30. The number of aromatic nitrogens is 2. The van der Waals surface area contributed by atoms with Crippen LogP contribution in [0.1, 0.15) is 33.8 Å². The Balaban J connectivity index is 1.66. The standard InChI is InChI=1S/C28H26N4O4S/c1-34-20-13-14-24(35-2)23(17-20)32-26(25(30-28(32)37)21-7-4-5-15-29-21)22-8-6-16-31(22)19-11-9-18(10-12-19)27(33)36-3/h4-17,25-26H,1-3H3,(H,30,37). The summed E-state index contributed by atoms with van der Waals surface area (Å²) in [7, 11) is 4.63. The molecular formula is C28H26N4O4S. The smallest absolute Gasteiger partial charge is 0.337 e. The van der Waals surface area contributed by atoms with Crippen molar-refractivity contribution in [2.24, 2.45) is 0 Å². The number of carbonyl (C=O) groups excluding carboxylic acids is 1. The van der Waals surface area contributed by atoms with Gasteiger partial charge in [0.2, 0.25) is 0 Å². The van der Waals surface area contributed by atoms with Crippen LogP contribution in [0.15, 0.2) is 85.2 Å². The van der Waals surface area contributed by atoms with Crippen LogP contribution in [0.5, 0.6) is 11.5 Å². The molecular weight excluding hydrogens is 488 g/mol. The van der Waals surface area contributed by atoms with E-state index in [2.05, 4.69) is 20.9 Å². The summed E-state index contributed by atoms with van der Waals surface area (Å²) in [5, 5.41) is 4.02. The maximum absolute atomic E-state index is 11.9. The summed E-state index contributed by atoms with van der Waals surface area (Å²) in [6.07, 6.45) is 3.76. The first-order chi connectivity index (χ1) is 18.0. The maximum Gasteiger partial charge on any atom is 0.337 e. The molecule has 8 nitrogen and oxygen atoms in total. The number of pyridine rings is 1. The molecule has 0 bridgehead atoms. The van der Waals surface area contributed by atoms with Gasteiger partial charge in [0, 0.05) is 29.8 Å². The maximum atomic E-state index is 11.9. The molecule has 2 aromatic carbocycles. The van der Waals surface area contributed by atoms with Crippen LogP contribution in [0.4, 0.5) is 5.69 Å². The van der Waals surface area contributed by atoms with Crippen LogP contribution >= 0.6 is 12.2 Å². The number of benzene rings is 2. The van der Waals surface area contributed by atoms with Gasteiger partial charge in [-0.05, 0) is 72.9 Å². The minimum Gasteiger partial charge on any atom is -0.497 e. The van der Waals surface area contributed by atoms with E-state index in [4.69, 9.17) is 26.4 Å². The molecule has 2 atom stereocenters. The molecule has 4 aromatic rings. The molecule has 0 aliphatic carbocycles. The lowest BCUT2D eigenvalue weighted by atomic mass is 10.0. The minimum absolute atomic E-state index is 0.243. The second kappa shape index (κ2) is 10.3. The van der Waals surface area contributed by atoms with Gasteiger partial charge in [0.15, 0.2) is 5.11 Å². The third-order valence-corrected chi connectivity index (χ3v) is 6.71. The van der Waals surface area contributed by atoms with Gasteiger partial charge in [0.25, 0.3) is 0 Å². The SMILES string of the molecule is COC(=O)c1ccc(-n2cccc2C2C(c3ccccn3)NC(=S)N2c2cc(OC)ccc2OC)cc1. The molecule has 5 rings (SSSR count). The van der Waals surface area contributed by atoms with Gasteiger partial charge in [0.05, 0.1) is 44.3 Å². The molecule has 37 heavy (non-hydrogen) atoms. The molecule has 188 valence electrons. The molecule has 2 unspecified atom stereocenters. The van der Waals surface area contributed by atoms with E-state index in [9.17, 15) is 4.79 Å². The number of anilines is 1. The molecule has 1 saturated heterocycles. The van der Waals surface area contributed by atoms with E-state index in [-0.39, 0.29) is 18.1 Å². The number of nitrogens with zero attached hydrogens (tertiary/aromatic N) is 3. The van der Waals surface area contributed by atoms with E-state index in [1.165, 1.54) is 7.11 Å². The molecule has 1 fully saturated rings. The number of carbonyl (C=O) groups is 1. The van der Waals surface area contributed by atoms with Crippen molar-refractivity contribution in [3.63, 3.8) is 0 Å². The zero-order valence-electron chi connectivity index (χ0n) is 20.6. The average Bonchev–Trinajstić information content (AvgIpc) is 3.57. The number of hydrogen-bond acceptors (Lipinski definition) is 6. The van der Waals surface area contributed by atoms with E-state index < -0.39 is 0 Å². The van der Waals surface area contributed by atoms with E-state index >= 15 is 0 Å². The molecule has 2 aromatic heterocycles. The summed E-state index contributed by atoms with van der Waals surface area (Å²) in [6, 6.07) is 22.3. The Morgan fingerprint density at radius 1 is 0.973 bits per heavy atom. The third-order valence-electron chi connectivity index (χ3n) is 6.39. The zero-order valence-corrected chi connectivity index (χ0v) is 21.4. The summed E-state index contributed by atoms with van der Waals surface area (Å²) in [6.45, 7) is 0. The normalized spacial score (nSPS) is 16.8. The number of ether oxygens (including phenoxy) is 3. The van der Waals surface area contributed by atoms with Gasteiger partial charge >= 0.3 is 5.97 Å². The predicted molar refractivity (Wildman–Crippen MR) is 145 cm³/mol. The second-order valence-electron chi connectivity index (χ2n) is 8.38. The van der Waals surface area contributed by atoms with Crippen molar-refractivity contribution in [2.75, 3.05) is 26.2 Å². The lowest BCUT2D eigenvalue weighted by Gasteiger charge is -2.30. The highest BCUT2D eigenvalue weighted by Crippen LogP contribution is 2.46. The van der Waals surface area contributed by atoms with Gasteiger partial charge in [-0.1, -0.05) is 6.07 Å². The lowest BCUT2D eigenvalue weighted by molar-refractivity contribution is 0.0600. The van der Waals surface area contributed by atoms with E-state index in [0.29, 0.717) is 22.2 Å². The van der Waals surface area contributed by atoms with E-state index in [0.717, 1.165) is 22.8 Å². The molecule has 3 heterocycles. The fraction of sp³-hybridized carbons (Fsp3) is 0.179. The summed E-state index contributed by atoms with van der Waals surface area (Å²) in [5.41, 5.74) is 3.98. The van der Waals surface area contributed by atoms with Crippen LogP contribution in [-0.4, -0.2) is 42.0 Å². The second-order valence-corrected chi connectivity index (χ2v) is 8.76. The van der Waals surface area contributed by atoms with Crippen molar-refractivity contribution < 1.29 is 19.0 Å². The Bertz CT molecular complexity index is 1420. The summed E-state index contributed by atoms with van der Waals surface area (Å²) >= 11 is 5.89. The number of esters is 1. The quantitative estimate of drug-likeness (QED) is 0.277. The van der Waals surface area contributed by atoms with Gasteiger partial charge in [-0.25, -0.2) is 4.79 Å². The predicted octanol–water partition coefficient (Wildman–Crippen LogP) is 4.85. The Morgan fingerprint density at radius 2 is 1.78 bits per heavy atom. The Labute approximate surface area is 220 Å². The van der Waals surface area contributed by atoms with Crippen molar-refractivity contribution in [3.8, 4) is 17.2 Å². The largest absolute Gasteiger partial charge is 0.497 e. The van der Waals surface area contributed by atoms with Crippen LogP contribution in [-0.2, 0) is 4.74 Å². The fourth-order valence-electron chi connectivity index (χ4n) is 4.65. The molecule has 1 aliphatic rings. The third kappa shape index (κ3) is 4.49. The molecule has 0 saturated carbocycles. The summed E-state index contributed by atoms with van der Waals surface area (Å²) < 4.78 is 18.2. The molecule has 0 radical (unpaired) electrons. The van der Waals surface area contributed by atoms with Crippen LogP contribution in [0.25, 0.3) is 5.69 Å². The highest BCUT2D eigenvalue weighted by atomic mass is 32.1. The van der Waals surface area contributed by atoms with Crippen LogP contribution in [0.2, 0.25) is 0 Å². The summed E-state index contributed by atoms with van der Waals surface area (Å²) in [4.78, 5) is 18.6. The van der Waals surface area contributed by atoms with E-state index in [1.807, 2.05) is 65.7 Å². The first kappa shape index (κ1) is 24.3. The highest BCUT2D eigenvalue weighted by Gasteiger charge is 2.43. The Kier molecular flexibility index (Phi) is 6.78. The van der Waals surface area contributed by atoms with Crippen molar-refractivity contribution >= 4 is 29.0 Å². The monoisotopic (exact) mass is 514 g/mol. The average molecular weight is 515 g/mol.